The third-order valence-electron chi connectivity index (χ3n) is 8.24. The van der Waals surface area contributed by atoms with Gasteiger partial charge in [-0.2, -0.15) is 0 Å². The number of carbonyl (C=O) groups excluding carboxylic acids is 2. The highest BCUT2D eigenvalue weighted by Gasteiger charge is 2.44. The maximum absolute atomic E-state index is 13.8. The Hall–Kier alpha value is -3.57. The Balaban J connectivity index is 1.45. The van der Waals surface area contributed by atoms with Gasteiger partial charge in [-0.1, -0.05) is 35.8 Å². The van der Waals surface area contributed by atoms with E-state index < -0.39 is 11.4 Å². The Morgan fingerprint density at radius 3 is 2.39 bits per heavy atom. The molecule has 0 unspecified atom stereocenters. The van der Waals surface area contributed by atoms with Gasteiger partial charge < -0.3 is 35.6 Å². The first-order valence-corrected chi connectivity index (χ1v) is 15.3. The number of amides is 2. The van der Waals surface area contributed by atoms with Crippen LogP contribution in [0.2, 0.25) is 10.0 Å². The van der Waals surface area contributed by atoms with Crippen LogP contribution >= 0.6 is 23.2 Å². The number of benzene rings is 2. The molecule has 2 aliphatic rings. The molecule has 2 saturated heterocycles. The summed E-state index contributed by atoms with van der Waals surface area (Å²) in [6.07, 6.45) is 6.89. The fraction of sp³-hybridized carbons (Fsp3) is 0.406. The van der Waals surface area contributed by atoms with Gasteiger partial charge in [0.05, 0.1) is 17.7 Å². The highest BCUT2D eigenvalue weighted by molar-refractivity contribution is 6.32. The molecular formula is C32H40Cl2N6O4. The van der Waals surface area contributed by atoms with Crippen LogP contribution in [0, 0.1) is 0 Å². The topological polar surface area (TPSA) is 122 Å². The van der Waals surface area contributed by atoms with E-state index in [1.54, 1.807) is 43.5 Å². The monoisotopic (exact) mass is 642 g/mol. The van der Waals surface area contributed by atoms with Crippen molar-refractivity contribution < 1.29 is 19.1 Å². The molecule has 0 atom stereocenters. The highest BCUT2D eigenvalue weighted by atomic mass is 35.5. The number of rotatable bonds is 11. The predicted molar refractivity (Wildman–Crippen MR) is 175 cm³/mol. The Bertz CT molecular complexity index is 1400. The number of carbonyl (C=O) groups is 2. The molecule has 12 heteroatoms. The number of halogens is 2. The summed E-state index contributed by atoms with van der Waals surface area (Å²) >= 11 is 12.9. The molecule has 2 heterocycles. The average molecular weight is 644 g/mol. The van der Waals surface area contributed by atoms with E-state index in [0.717, 1.165) is 25.9 Å². The number of ether oxygens (including phenoxy) is 2. The van der Waals surface area contributed by atoms with Crippen molar-refractivity contribution in [2.24, 2.45) is 10.7 Å². The molecule has 44 heavy (non-hydrogen) atoms. The van der Waals surface area contributed by atoms with Gasteiger partial charge in [-0.15, -0.1) is 0 Å². The third-order valence-corrected chi connectivity index (χ3v) is 8.88. The SMILES string of the molecule is C=C/N=C\C(=C/N)C(=O)NC1(C(=O)NCc2ccc(Oc3ccc(OC)cc3Cl)cc2Cl)CCN(C2CCN(C)CC2)CC1. The quantitative estimate of drug-likeness (QED) is 0.243. The molecule has 2 aromatic carbocycles. The van der Waals surface area contributed by atoms with Gasteiger partial charge in [-0.05, 0) is 75.6 Å². The zero-order valence-corrected chi connectivity index (χ0v) is 26.7. The van der Waals surface area contributed by atoms with Crippen LogP contribution in [0.3, 0.4) is 0 Å². The lowest BCUT2D eigenvalue weighted by molar-refractivity contribution is -0.134. The van der Waals surface area contributed by atoms with Crippen LogP contribution in [0.5, 0.6) is 17.2 Å². The van der Waals surface area contributed by atoms with Gasteiger partial charge in [0.25, 0.3) is 5.91 Å². The van der Waals surface area contributed by atoms with E-state index >= 15 is 0 Å². The van der Waals surface area contributed by atoms with Crippen LogP contribution in [0.25, 0.3) is 0 Å². The van der Waals surface area contributed by atoms with E-state index in [9.17, 15) is 9.59 Å². The van der Waals surface area contributed by atoms with E-state index in [-0.39, 0.29) is 18.0 Å². The Labute approximate surface area is 268 Å². The summed E-state index contributed by atoms with van der Waals surface area (Å²) in [5.41, 5.74) is 5.41. The Morgan fingerprint density at radius 2 is 1.77 bits per heavy atom. The number of aliphatic imine (C=N–C) groups is 1. The summed E-state index contributed by atoms with van der Waals surface area (Å²) < 4.78 is 11.1. The van der Waals surface area contributed by atoms with Gasteiger partial charge in [0.2, 0.25) is 5.91 Å². The van der Waals surface area contributed by atoms with E-state index in [4.69, 9.17) is 38.4 Å². The molecule has 2 aromatic rings. The van der Waals surface area contributed by atoms with Crippen molar-refractivity contribution in [3.63, 3.8) is 0 Å². The minimum Gasteiger partial charge on any atom is -0.497 e. The van der Waals surface area contributed by atoms with Crippen LogP contribution in [-0.2, 0) is 16.1 Å². The minimum absolute atomic E-state index is 0.144. The van der Waals surface area contributed by atoms with Crippen LogP contribution in [0.15, 0.2) is 65.9 Å². The van der Waals surface area contributed by atoms with Crippen molar-refractivity contribution in [1.82, 2.24) is 20.4 Å². The first-order valence-electron chi connectivity index (χ1n) is 14.6. The summed E-state index contributed by atoms with van der Waals surface area (Å²) in [5, 5.41) is 6.81. The number of nitrogens with one attached hydrogen (secondary N) is 2. The van der Waals surface area contributed by atoms with Crippen LogP contribution < -0.4 is 25.8 Å². The molecule has 10 nitrogen and oxygen atoms in total. The van der Waals surface area contributed by atoms with Gasteiger partial charge in [-0.25, -0.2) is 0 Å². The van der Waals surface area contributed by atoms with Crippen molar-refractivity contribution in [2.75, 3.05) is 40.3 Å². The van der Waals surface area contributed by atoms with Crippen molar-refractivity contribution in [3.8, 4) is 17.2 Å². The zero-order chi connectivity index (χ0) is 31.7. The number of methoxy groups -OCH3 is 1. The molecule has 2 fully saturated rings. The first-order chi connectivity index (χ1) is 21.2. The molecule has 4 rings (SSSR count). The second-order valence-corrected chi connectivity index (χ2v) is 11.8. The fourth-order valence-electron chi connectivity index (χ4n) is 5.54. The molecule has 4 N–H and O–H groups in total. The number of nitrogens with two attached hydrogens (primary N) is 1. The summed E-state index contributed by atoms with van der Waals surface area (Å²) in [7, 11) is 3.70. The average Bonchev–Trinajstić information content (AvgIpc) is 3.02. The standard InChI is InChI=1S/C32H40Cl2N6O4/c1-4-36-20-23(19-35)30(41)38-32(11-15-40(16-12-32)24-9-13-39(2)14-10-24)31(42)37-21-22-5-6-26(18-27(22)33)44-29-8-7-25(43-3)17-28(29)34/h4-8,17-20,24H,1,9-16,21,35H2,2-3H3,(H,37,42)(H,38,41)/b23-19+,36-20-. The van der Waals surface area contributed by atoms with E-state index in [1.165, 1.54) is 18.6 Å². The number of nitrogens with zero attached hydrogens (tertiary/aromatic N) is 3. The van der Waals surface area contributed by atoms with Crippen molar-refractivity contribution in [3.05, 3.63) is 76.6 Å². The van der Waals surface area contributed by atoms with Crippen molar-refractivity contribution >= 4 is 41.2 Å². The third kappa shape index (κ3) is 8.32. The molecule has 0 saturated carbocycles. The second-order valence-electron chi connectivity index (χ2n) is 11.0. The van der Waals surface area contributed by atoms with Crippen molar-refractivity contribution in [2.45, 2.75) is 43.8 Å². The normalized spacial score (nSPS) is 18.1. The lowest BCUT2D eigenvalue weighted by Gasteiger charge is -2.45. The van der Waals surface area contributed by atoms with Gasteiger partial charge in [0.15, 0.2) is 0 Å². The lowest BCUT2D eigenvalue weighted by atomic mass is 9.84. The van der Waals surface area contributed by atoms with Crippen LogP contribution in [-0.4, -0.2) is 79.7 Å². The van der Waals surface area contributed by atoms with Crippen molar-refractivity contribution in [1.29, 1.82) is 0 Å². The van der Waals surface area contributed by atoms with Gasteiger partial charge in [0, 0.05) is 55.4 Å². The number of likely N-dealkylation sites (tertiary alicyclic amines) is 2. The zero-order valence-electron chi connectivity index (χ0n) is 25.2. The summed E-state index contributed by atoms with van der Waals surface area (Å²) in [6.45, 7) is 7.17. The van der Waals surface area contributed by atoms with E-state index in [0.29, 0.717) is 64.8 Å². The fourth-order valence-corrected chi connectivity index (χ4v) is 5.98. The minimum atomic E-state index is -1.13. The van der Waals surface area contributed by atoms with Crippen LogP contribution in [0.1, 0.15) is 31.2 Å². The molecule has 0 aromatic heterocycles. The second kappa shape index (κ2) is 15.4. The summed E-state index contributed by atoms with van der Waals surface area (Å²) in [5.74, 6) is 0.806. The summed E-state index contributed by atoms with van der Waals surface area (Å²) in [4.78, 5) is 35.8. The maximum Gasteiger partial charge on any atom is 0.255 e. The van der Waals surface area contributed by atoms with Crippen LogP contribution in [0.4, 0.5) is 0 Å². The lowest BCUT2D eigenvalue weighted by Crippen LogP contribution is -2.64. The predicted octanol–water partition coefficient (Wildman–Crippen LogP) is 4.51. The molecule has 0 aliphatic carbocycles. The van der Waals surface area contributed by atoms with Gasteiger partial charge in [-0.3, -0.25) is 14.6 Å². The van der Waals surface area contributed by atoms with Gasteiger partial charge >= 0.3 is 0 Å². The maximum atomic E-state index is 13.8. The molecule has 0 radical (unpaired) electrons. The largest absolute Gasteiger partial charge is 0.497 e. The smallest absolute Gasteiger partial charge is 0.255 e. The molecule has 2 aliphatic heterocycles. The van der Waals surface area contributed by atoms with E-state index in [2.05, 4.69) is 39.1 Å². The summed E-state index contributed by atoms with van der Waals surface area (Å²) in [6, 6.07) is 10.8. The molecule has 2 amide bonds. The highest BCUT2D eigenvalue weighted by Crippen LogP contribution is 2.34. The molecular weight excluding hydrogens is 603 g/mol. The molecule has 0 bridgehead atoms. The molecule has 236 valence electrons. The Kier molecular flexibility index (Phi) is 11.7. The number of piperidine rings is 2. The molecule has 0 spiro atoms. The van der Waals surface area contributed by atoms with Gasteiger partial charge in [0.1, 0.15) is 22.8 Å². The number of hydrogen-bond donors (Lipinski definition) is 3. The first kappa shape index (κ1) is 33.3. The number of hydrogen-bond acceptors (Lipinski definition) is 8. The van der Waals surface area contributed by atoms with E-state index in [1.807, 2.05) is 0 Å². The Morgan fingerprint density at radius 1 is 1.09 bits per heavy atom.